The maximum atomic E-state index is 12.8. The maximum absolute atomic E-state index is 12.8. The van der Waals surface area contributed by atoms with Crippen molar-refractivity contribution in [3.63, 3.8) is 0 Å². The van der Waals surface area contributed by atoms with E-state index in [1.807, 2.05) is 13.8 Å². The molecule has 0 saturated heterocycles. The van der Waals surface area contributed by atoms with E-state index in [2.05, 4.69) is 4.72 Å². The zero-order valence-corrected chi connectivity index (χ0v) is 17.5. The highest BCUT2D eigenvalue weighted by Gasteiger charge is 2.65. The van der Waals surface area contributed by atoms with E-state index in [1.165, 1.54) is 17.6 Å². The first-order chi connectivity index (χ1) is 13.1. The van der Waals surface area contributed by atoms with E-state index < -0.39 is 15.4 Å². The summed E-state index contributed by atoms with van der Waals surface area (Å²) in [5.74, 6) is 0.236. The fraction of sp³-hybridized carbons (Fsp3) is 0.500. The molecule has 2 aromatic rings. The molecule has 2 aromatic heterocycles. The van der Waals surface area contributed by atoms with Crippen molar-refractivity contribution in [2.24, 2.45) is 16.7 Å². The van der Waals surface area contributed by atoms with Crippen molar-refractivity contribution in [3.8, 4) is 0 Å². The highest BCUT2D eigenvalue weighted by atomic mass is 32.2. The lowest BCUT2D eigenvalue weighted by atomic mass is 9.70. The van der Waals surface area contributed by atoms with Gasteiger partial charge in [0.05, 0.1) is 16.9 Å². The van der Waals surface area contributed by atoms with Crippen LogP contribution in [0, 0.1) is 16.7 Å². The minimum Gasteiger partial charge on any atom is -0.461 e. The zero-order valence-electron chi connectivity index (χ0n) is 15.9. The Hall–Kier alpha value is -1.77. The first-order valence-corrected chi connectivity index (χ1v) is 11.8. The van der Waals surface area contributed by atoms with Gasteiger partial charge < -0.3 is 4.42 Å². The summed E-state index contributed by atoms with van der Waals surface area (Å²) in [5.41, 5.74) is -1.07. The zero-order chi connectivity index (χ0) is 20.2. The van der Waals surface area contributed by atoms with E-state index >= 15 is 0 Å². The summed E-state index contributed by atoms with van der Waals surface area (Å²) in [5, 5.41) is 0. The second-order valence-electron chi connectivity index (χ2n) is 8.32. The summed E-state index contributed by atoms with van der Waals surface area (Å²) >= 11 is 1.23. The van der Waals surface area contributed by atoms with Gasteiger partial charge in [-0.25, -0.2) is 13.1 Å². The normalized spacial score (nSPS) is 26.1. The fourth-order valence-corrected chi connectivity index (χ4v) is 7.58. The van der Waals surface area contributed by atoms with Crippen LogP contribution < -0.4 is 4.72 Å². The number of Topliss-reactive ketones (excluding diaryl/α,β-unsaturated/α-hetero) is 1. The Morgan fingerprint density at radius 1 is 1.32 bits per heavy atom. The molecule has 0 amide bonds. The Bertz CT molecular complexity index is 1020. The third-order valence-electron chi connectivity index (χ3n) is 6.67. The molecular formula is C20H23NO5S2. The first-order valence-electron chi connectivity index (χ1n) is 9.32. The number of hydrogen-bond donors (Lipinski definition) is 1. The SMILES string of the molecule is CC1(C)C2CCC1(CS(=O)(=O)NCc1ccc(C(=O)c3ccco3)s1)C(=O)C2. The third-order valence-corrected chi connectivity index (χ3v) is 9.21. The molecule has 2 bridgehead atoms. The third kappa shape index (κ3) is 3.07. The molecule has 0 aliphatic heterocycles. The van der Waals surface area contributed by atoms with Crippen LogP contribution in [0.1, 0.15) is 53.4 Å². The highest BCUT2D eigenvalue weighted by Crippen LogP contribution is 2.64. The van der Waals surface area contributed by atoms with Crippen LogP contribution in [0.5, 0.6) is 0 Å². The lowest BCUT2D eigenvalue weighted by molar-refractivity contribution is -0.128. The number of fused-ring (bicyclic) bond motifs is 2. The average molecular weight is 422 g/mol. The average Bonchev–Trinajstić information content (AvgIpc) is 3.38. The molecule has 1 N–H and O–H groups in total. The predicted molar refractivity (Wildman–Crippen MR) is 106 cm³/mol. The molecule has 2 heterocycles. The highest BCUT2D eigenvalue weighted by molar-refractivity contribution is 7.89. The summed E-state index contributed by atoms with van der Waals surface area (Å²) in [6.07, 6.45) is 3.49. The van der Waals surface area contributed by atoms with E-state index in [-0.39, 0.29) is 41.0 Å². The molecule has 4 rings (SSSR count). The molecule has 2 unspecified atom stereocenters. The second-order valence-corrected chi connectivity index (χ2v) is 11.3. The Morgan fingerprint density at radius 2 is 2.11 bits per heavy atom. The lowest BCUT2D eigenvalue weighted by Gasteiger charge is -2.36. The quantitative estimate of drug-likeness (QED) is 0.692. The van der Waals surface area contributed by atoms with Gasteiger partial charge in [-0.05, 0) is 48.4 Å². The van der Waals surface area contributed by atoms with Crippen molar-refractivity contribution < 1.29 is 22.4 Å². The number of sulfonamides is 1. The molecule has 150 valence electrons. The van der Waals surface area contributed by atoms with Crippen molar-refractivity contribution in [2.45, 2.75) is 39.7 Å². The lowest BCUT2D eigenvalue weighted by Crippen LogP contribution is -2.45. The molecule has 2 aliphatic carbocycles. The number of furan rings is 1. The predicted octanol–water partition coefficient (Wildman–Crippen LogP) is 3.39. The molecule has 2 saturated carbocycles. The Morgan fingerprint density at radius 3 is 2.71 bits per heavy atom. The smallest absolute Gasteiger partial charge is 0.238 e. The summed E-state index contributed by atoms with van der Waals surface area (Å²) < 4.78 is 33.3. The molecule has 0 spiro atoms. The topological polar surface area (TPSA) is 93.4 Å². The molecule has 2 fully saturated rings. The van der Waals surface area contributed by atoms with Crippen molar-refractivity contribution in [2.75, 3.05) is 5.75 Å². The summed E-state index contributed by atoms with van der Waals surface area (Å²) in [4.78, 5) is 26.1. The maximum Gasteiger partial charge on any atom is 0.238 e. The summed E-state index contributed by atoms with van der Waals surface area (Å²) in [6.45, 7) is 4.15. The summed E-state index contributed by atoms with van der Waals surface area (Å²) in [7, 11) is -3.63. The largest absolute Gasteiger partial charge is 0.461 e. The van der Waals surface area contributed by atoms with E-state index in [1.54, 1.807) is 24.3 Å². The first kappa shape index (κ1) is 19.5. The van der Waals surface area contributed by atoms with Crippen LogP contribution in [0.4, 0.5) is 0 Å². The van der Waals surface area contributed by atoms with Crippen LogP contribution in [0.3, 0.4) is 0 Å². The molecule has 8 heteroatoms. The van der Waals surface area contributed by atoms with Crippen LogP contribution in [0.15, 0.2) is 34.9 Å². The number of thiophene rings is 1. The van der Waals surface area contributed by atoms with Gasteiger partial charge in [0, 0.05) is 23.3 Å². The van der Waals surface area contributed by atoms with Gasteiger partial charge >= 0.3 is 0 Å². The van der Waals surface area contributed by atoms with Gasteiger partial charge in [-0.1, -0.05) is 13.8 Å². The molecule has 2 atom stereocenters. The number of carbonyl (C=O) groups is 2. The Kier molecular flexibility index (Phi) is 4.63. The van der Waals surface area contributed by atoms with Crippen molar-refractivity contribution in [3.05, 3.63) is 46.0 Å². The molecule has 0 aromatic carbocycles. The van der Waals surface area contributed by atoms with E-state index in [0.717, 1.165) is 11.3 Å². The molecule has 6 nitrogen and oxygen atoms in total. The second kappa shape index (κ2) is 6.64. The van der Waals surface area contributed by atoms with Gasteiger partial charge in [-0.15, -0.1) is 11.3 Å². The van der Waals surface area contributed by atoms with Crippen molar-refractivity contribution in [1.29, 1.82) is 0 Å². The number of hydrogen-bond acceptors (Lipinski definition) is 6. The number of carbonyl (C=O) groups excluding carboxylic acids is 2. The molecule has 2 aliphatic rings. The fourth-order valence-electron chi connectivity index (χ4n) is 4.79. The van der Waals surface area contributed by atoms with E-state index in [4.69, 9.17) is 4.42 Å². The van der Waals surface area contributed by atoms with Crippen LogP contribution in [0.2, 0.25) is 0 Å². The number of ketones is 2. The molecule has 28 heavy (non-hydrogen) atoms. The monoisotopic (exact) mass is 421 g/mol. The van der Waals surface area contributed by atoms with Gasteiger partial charge in [0.2, 0.25) is 15.8 Å². The Balaban J connectivity index is 1.44. The standard InChI is InChI=1S/C20H23NO5S2/c1-19(2)13-7-8-20(19,17(22)10-13)12-28(24,25)21-11-14-5-6-16(27-14)18(23)15-4-3-9-26-15/h3-6,9,13,21H,7-8,10-12H2,1-2H3. The van der Waals surface area contributed by atoms with Crippen molar-refractivity contribution >= 4 is 32.9 Å². The van der Waals surface area contributed by atoms with Gasteiger partial charge in [0.15, 0.2) is 5.76 Å². The van der Waals surface area contributed by atoms with E-state index in [9.17, 15) is 18.0 Å². The molecule has 0 radical (unpaired) electrons. The van der Waals surface area contributed by atoms with Crippen molar-refractivity contribution in [1.82, 2.24) is 4.72 Å². The van der Waals surface area contributed by atoms with Crippen LogP contribution in [-0.4, -0.2) is 25.7 Å². The molecular weight excluding hydrogens is 398 g/mol. The minimum atomic E-state index is -3.63. The summed E-state index contributed by atoms with van der Waals surface area (Å²) in [6, 6.07) is 6.65. The van der Waals surface area contributed by atoms with Crippen LogP contribution in [0.25, 0.3) is 0 Å². The van der Waals surface area contributed by atoms with Gasteiger partial charge in [-0.2, -0.15) is 0 Å². The number of rotatable bonds is 7. The number of nitrogens with one attached hydrogen (secondary N) is 1. The van der Waals surface area contributed by atoms with E-state index in [0.29, 0.717) is 17.7 Å². The van der Waals surface area contributed by atoms with Crippen LogP contribution >= 0.6 is 11.3 Å². The Labute approximate surface area is 168 Å². The van der Waals surface area contributed by atoms with Crippen LogP contribution in [-0.2, 0) is 21.4 Å². The van der Waals surface area contributed by atoms with Gasteiger partial charge in [0.25, 0.3) is 0 Å². The van der Waals surface area contributed by atoms with Gasteiger partial charge in [-0.3, -0.25) is 9.59 Å². The van der Waals surface area contributed by atoms with Gasteiger partial charge in [0.1, 0.15) is 5.78 Å². The minimum absolute atomic E-state index is 0.0848.